The predicted octanol–water partition coefficient (Wildman–Crippen LogP) is 2.22. The summed E-state index contributed by atoms with van der Waals surface area (Å²) in [5, 5.41) is 0. The van der Waals surface area contributed by atoms with Gasteiger partial charge < -0.3 is 9.30 Å². The zero-order chi connectivity index (χ0) is 13.0. The molecule has 0 amide bonds. The van der Waals surface area contributed by atoms with E-state index in [-0.39, 0.29) is 17.8 Å². The van der Waals surface area contributed by atoms with E-state index in [2.05, 4.69) is 23.4 Å². The molecule has 100 valence electrons. The van der Waals surface area contributed by atoms with E-state index in [9.17, 15) is 4.79 Å². The first-order valence-electron chi connectivity index (χ1n) is 6.90. The van der Waals surface area contributed by atoms with E-state index in [1.165, 1.54) is 0 Å². The molecular formula is C14H22N2O2. The molecule has 1 aromatic rings. The number of hydrogen-bond donors (Lipinski definition) is 0. The first kappa shape index (κ1) is 13.3. The van der Waals surface area contributed by atoms with Crippen molar-refractivity contribution in [3.8, 4) is 0 Å². The lowest BCUT2D eigenvalue weighted by molar-refractivity contribution is -0.124. The van der Waals surface area contributed by atoms with Gasteiger partial charge in [-0.15, -0.1) is 0 Å². The number of ether oxygens (including phenoxy) is 1. The van der Waals surface area contributed by atoms with Crippen LogP contribution in [0.3, 0.4) is 0 Å². The lowest BCUT2D eigenvalue weighted by Crippen LogP contribution is -2.26. The van der Waals surface area contributed by atoms with Crippen molar-refractivity contribution in [1.29, 1.82) is 0 Å². The fraction of sp³-hybridized carbons (Fsp3) is 0.714. The average Bonchev–Trinajstić information content (AvgIpc) is 2.98. The van der Waals surface area contributed by atoms with Gasteiger partial charge in [-0.3, -0.25) is 4.79 Å². The van der Waals surface area contributed by atoms with Crippen LogP contribution in [0.25, 0.3) is 0 Å². The number of rotatable bonds is 6. The summed E-state index contributed by atoms with van der Waals surface area (Å²) >= 11 is 0. The Balaban J connectivity index is 2.00. The maximum Gasteiger partial charge on any atom is 0.146 e. The van der Waals surface area contributed by atoms with Crippen molar-refractivity contribution in [1.82, 2.24) is 9.55 Å². The van der Waals surface area contributed by atoms with Crippen LogP contribution in [-0.2, 0) is 22.5 Å². The SMILES string of the molecule is CCCn1ccnc1CC(=O)C1CCOC1CC. The van der Waals surface area contributed by atoms with Gasteiger partial charge in [0, 0.05) is 31.5 Å². The molecule has 2 atom stereocenters. The number of hydrogen-bond acceptors (Lipinski definition) is 3. The lowest BCUT2D eigenvalue weighted by atomic mass is 9.93. The molecule has 1 fully saturated rings. The van der Waals surface area contributed by atoms with E-state index < -0.39 is 0 Å². The van der Waals surface area contributed by atoms with Crippen LogP contribution in [0.2, 0.25) is 0 Å². The molecule has 2 unspecified atom stereocenters. The number of imidazole rings is 1. The molecule has 4 nitrogen and oxygen atoms in total. The summed E-state index contributed by atoms with van der Waals surface area (Å²) < 4.78 is 7.66. The Hall–Kier alpha value is -1.16. The molecule has 0 bridgehead atoms. The highest BCUT2D eigenvalue weighted by Crippen LogP contribution is 2.25. The van der Waals surface area contributed by atoms with Crippen molar-refractivity contribution in [3.63, 3.8) is 0 Å². The zero-order valence-electron chi connectivity index (χ0n) is 11.3. The Bertz CT molecular complexity index is 400. The average molecular weight is 250 g/mol. The summed E-state index contributed by atoms with van der Waals surface area (Å²) in [6, 6.07) is 0. The van der Waals surface area contributed by atoms with Crippen LogP contribution >= 0.6 is 0 Å². The minimum Gasteiger partial charge on any atom is -0.377 e. The second-order valence-electron chi connectivity index (χ2n) is 4.89. The van der Waals surface area contributed by atoms with Crippen LogP contribution < -0.4 is 0 Å². The summed E-state index contributed by atoms with van der Waals surface area (Å²) in [6.45, 7) is 5.86. The molecule has 0 N–H and O–H groups in total. The molecule has 4 heteroatoms. The molecule has 0 saturated carbocycles. The van der Waals surface area contributed by atoms with Crippen LogP contribution in [-0.4, -0.2) is 28.0 Å². The molecule has 18 heavy (non-hydrogen) atoms. The van der Waals surface area contributed by atoms with Crippen LogP contribution in [0.1, 0.15) is 38.9 Å². The number of Topliss-reactive ketones (excluding diaryl/α,β-unsaturated/α-hetero) is 1. The fourth-order valence-electron chi connectivity index (χ4n) is 2.66. The van der Waals surface area contributed by atoms with Gasteiger partial charge in [0.15, 0.2) is 0 Å². The van der Waals surface area contributed by atoms with Crippen molar-refractivity contribution in [3.05, 3.63) is 18.2 Å². The fourth-order valence-corrected chi connectivity index (χ4v) is 2.66. The van der Waals surface area contributed by atoms with Crippen LogP contribution in [0.15, 0.2) is 12.4 Å². The number of aryl methyl sites for hydroxylation is 1. The summed E-state index contributed by atoms with van der Waals surface area (Å²) in [4.78, 5) is 16.6. The van der Waals surface area contributed by atoms with Crippen molar-refractivity contribution in [2.75, 3.05) is 6.61 Å². The minimum absolute atomic E-state index is 0.0711. The third kappa shape index (κ3) is 2.80. The predicted molar refractivity (Wildman–Crippen MR) is 69.4 cm³/mol. The highest BCUT2D eigenvalue weighted by atomic mass is 16.5. The molecular weight excluding hydrogens is 228 g/mol. The Morgan fingerprint density at radius 1 is 1.56 bits per heavy atom. The molecule has 1 aromatic heterocycles. The Kier molecular flexibility index (Phi) is 4.53. The Morgan fingerprint density at radius 2 is 2.39 bits per heavy atom. The van der Waals surface area contributed by atoms with Crippen LogP contribution in [0.5, 0.6) is 0 Å². The van der Waals surface area contributed by atoms with E-state index in [4.69, 9.17) is 4.74 Å². The van der Waals surface area contributed by atoms with E-state index in [1.54, 1.807) is 6.20 Å². The molecule has 0 spiro atoms. The quantitative estimate of drug-likeness (QED) is 0.777. The number of carbonyl (C=O) groups is 1. The van der Waals surface area contributed by atoms with Crippen molar-refractivity contribution in [2.45, 2.75) is 52.2 Å². The number of nitrogens with zero attached hydrogens (tertiary/aromatic N) is 2. The smallest absolute Gasteiger partial charge is 0.146 e. The van der Waals surface area contributed by atoms with Gasteiger partial charge >= 0.3 is 0 Å². The standard InChI is InChI=1S/C14H22N2O2/c1-3-7-16-8-6-15-14(16)10-12(17)11-5-9-18-13(11)4-2/h6,8,11,13H,3-5,7,9-10H2,1-2H3. The van der Waals surface area contributed by atoms with E-state index in [1.807, 2.05) is 6.20 Å². The van der Waals surface area contributed by atoms with Gasteiger partial charge in [0.1, 0.15) is 11.6 Å². The second-order valence-corrected chi connectivity index (χ2v) is 4.89. The van der Waals surface area contributed by atoms with Crippen molar-refractivity contribution < 1.29 is 9.53 Å². The number of carbonyl (C=O) groups excluding carboxylic acids is 1. The highest BCUT2D eigenvalue weighted by molar-refractivity contribution is 5.83. The third-order valence-electron chi connectivity index (χ3n) is 3.62. The Morgan fingerprint density at radius 3 is 3.11 bits per heavy atom. The van der Waals surface area contributed by atoms with Gasteiger partial charge in [-0.25, -0.2) is 4.98 Å². The summed E-state index contributed by atoms with van der Waals surface area (Å²) in [5.41, 5.74) is 0. The number of aromatic nitrogens is 2. The third-order valence-corrected chi connectivity index (χ3v) is 3.62. The molecule has 1 saturated heterocycles. The molecule has 2 rings (SSSR count). The van der Waals surface area contributed by atoms with Crippen LogP contribution in [0, 0.1) is 5.92 Å². The zero-order valence-corrected chi connectivity index (χ0v) is 11.3. The second kappa shape index (κ2) is 6.14. The molecule has 1 aliphatic rings. The number of ketones is 1. The Labute approximate surface area is 108 Å². The minimum atomic E-state index is 0.0711. The molecule has 0 aromatic carbocycles. The van der Waals surface area contributed by atoms with Crippen LogP contribution in [0.4, 0.5) is 0 Å². The van der Waals surface area contributed by atoms with Crippen molar-refractivity contribution >= 4 is 5.78 Å². The monoisotopic (exact) mass is 250 g/mol. The van der Waals surface area contributed by atoms with Gasteiger partial charge in [-0.05, 0) is 19.3 Å². The first-order chi connectivity index (χ1) is 8.76. The maximum atomic E-state index is 12.3. The highest BCUT2D eigenvalue weighted by Gasteiger charge is 2.32. The first-order valence-corrected chi connectivity index (χ1v) is 6.90. The normalized spacial score (nSPS) is 23.4. The summed E-state index contributed by atoms with van der Waals surface area (Å²) in [6.07, 6.45) is 7.13. The van der Waals surface area contributed by atoms with Gasteiger partial charge in [0.25, 0.3) is 0 Å². The topological polar surface area (TPSA) is 44.1 Å². The molecule has 0 radical (unpaired) electrons. The van der Waals surface area contributed by atoms with Gasteiger partial charge in [0.05, 0.1) is 12.5 Å². The van der Waals surface area contributed by atoms with Crippen molar-refractivity contribution in [2.24, 2.45) is 5.92 Å². The van der Waals surface area contributed by atoms with Gasteiger partial charge in [-0.1, -0.05) is 13.8 Å². The summed E-state index contributed by atoms with van der Waals surface area (Å²) in [7, 11) is 0. The van der Waals surface area contributed by atoms with E-state index >= 15 is 0 Å². The van der Waals surface area contributed by atoms with Gasteiger partial charge in [-0.2, -0.15) is 0 Å². The largest absolute Gasteiger partial charge is 0.377 e. The lowest BCUT2D eigenvalue weighted by Gasteiger charge is -2.15. The molecule has 2 heterocycles. The van der Waals surface area contributed by atoms with E-state index in [0.717, 1.165) is 38.2 Å². The molecule has 1 aliphatic heterocycles. The maximum absolute atomic E-state index is 12.3. The van der Waals surface area contributed by atoms with E-state index in [0.29, 0.717) is 6.42 Å². The van der Waals surface area contributed by atoms with Gasteiger partial charge in [0.2, 0.25) is 0 Å². The summed E-state index contributed by atoms with van der Waals surface area (Å²) in [5.74, 6) is 1.24. The molecule has 0 aliphatic carbocycles.